The summed E-state index contributed by atoms with van der Waals surface area (Å²) < 4.78 is 50.6. The van der Waals surface area contributed by atoms with Gasteiger partial charge in [-0.25, -0.2) is 4.39 Å². The van der Waals surface area contributed by atoms with Crippen LogP contribution in [-0.4, -0.2) is 12.0 Å². The van der Waals surface area contributed by atoms with Crippen LogP contribution in [0, 0.1) is 5.82 Å². The van der Waals surface area contributed by atoms with Crippen molar-refractivity contribution in [1.29, 1.82) is 0 Å². The molecule has 0 bridgehead atoms. The van der Waals surface area contributed by atoms with Crippen molar-refractivity contribution >= 4 is 11.6 Å². The van der Waals surface area contributed by atoms with E-state index < -0.39 is 17.6 Å². The van der Waals surface area contributed by atoms with Crippen LogP contribution in [0.15, 0.2) is 23.2 Å². The number of nitrogens with one attached hydrogen (secondary N) is 1. The number of nitrogens with two attached hydrogens (primary N) is 1. The van der Waals surface area contributed by atoms with Crippen LogP contribution >= 0.6 is 0 Å². The quantitative estimate of drug-likeness (QED) is 0.489. The Morgan fingerprint density at radius 1 is 1.33 bits per heavy atom. The number of guanidine groups is 1. The molecular formula is C11H13F4N3. The smallest absolute Gasteiger partial charge is 0.370 e. The molecule has 18 heavy (non-hydrogen) atoms. The Labute approximate surface area is 102 Å². The highest BCUT2D eigenvalue weighted by Gasteiger charge is 2.31. The van der Waals surface area contributed by atoms with E-state index in [0.717, 1.165) is 6.07 Å². The predicted octanol–water partition coefficient (Wildman–Crippen LogP) is 2.98. The van der Waals surface area contributed by atoms with Gasteiger partial charge in [-0.15, -0.1) is 0 Å². The summed E-state index contributed by atoms with van der Waals surface area (Å²) in [6.45, 7) is 3.47. The zero-order chi connectivity index (χ0) is 13.9. The lowest BCUT2D eigenvalue weighted by molar-refractivity contribution is -0.137. The van der Waals surface area contributed by atoms with Crippen LogP contribution in [0.1, 0.15) is 19.4 Å². The summed E-state index contributed by atoms with van der Waals surface area (Å²) in [6.07, 6.45) is -4.53. The third kappa shape index (κ3) is 3.90. The van der Waals surface area contributed by atoms with Crippen LogP contribution in [0.2, 0.25) is 0 Å². The molecule has 3 nitrogen and oxygen atoms in total. The molecule has 0 radical (unpaired) electrons. The van der Waals surface area contributed by atoms with Crippen molar-refractivity contribution in [1.82, 2.24) is 0 Å². The number of halogens is 4. The van der Waals surface area contributed by atoms with E-state index >= 15 is 0 Å². The summed E-state index contributed by atoms with van der Waals surface area (Å²) in [7, 11) is 0. The Morgan fingerprint density at radius 2 is 1.94 bits per heavy atom. The van der Waals surface area contributed by atoms with Crippen molar-refractivity contribution in [3.63, 3.8) is 0 Å². The Morgan fingerprint density at radius 3 is 2.44 bits per heavy atom. The molecule has 0 atom stereocenters. The van der Waals surface area contributed by atoms with Gasteiger partial charge in [0, 0.05) is 6.04 Å². The van der Waals surface area contributed by atoms with Gasteiger partial charge in [0.1, 0.15) is 5.82 Å². The Bertz CT molecular complexity index is 452. The second-order valence-corrected chi connectivity index (χ2v) is 3.93. The first-order valence-corrected chi connectivity index (χ1v) is 5.17. The molecule has 0 spiro atoms. The first-order chi connectivity index (χ1) is 8.20. The van der Waals surface area contributed by atoms with Gasteiger partial charge in [0.15, 0.2) is 5.96 Å². The van der Waals surface area contributed by atoms with Gasteiger partial charge in [-0.3, -0.25) is 4.99 Å². The van der Waals surface area contributed by atoms with Crippen LogP contribution in [0.25, 0.3) is 0 Å². The fourth-order valence-corrected chi connectivity index (χ4v) is 1.25. The molecule has 100 valence electrons. The minimum absolute atomic E-state index is 0.136. The van der Waals surface area contributed by atoms with Gasteiger partial charge >= 0.3 is 6.18 Å². The third-order valence-electron chi connectivity index (χ3n) is 1.95. The van der Waals surface area contributed by atoms with Crippen molar-refractivity contribution in [3.8, 4) is 0 Å². The van der Waals surface area contributed by atoms with Crippen LogP contribution < -0.4 is 11.1 Å². The van der Waals surface area contributed by atoms with Gasteiger partial charge in [-0.2, -0.15) is 13.2 Å². The molecule has 0 heterocycles. The molecule has 0 aromatic heterocycles. The first-order valence-electron chi connectivity index (χ1n) is 5.17. The second kappa shape index (κ2) is 5.24. The second-order valence-electron chi connectivity index (χ2n) is 3.93. The summed E-state index contributed by atoms with van der Waals surface area (Å²) in [5.41, 5.74) is 4.12. The maximum Gasteiger partial charge on any atom is 0.416 e. The molecule has 0 amide bonds. The molecular weight excluding hydrogens is 250 g/mol. The van der Waals surface area contributed by atoms with Crippen LogP contribution in [0.3, 0.4) is 0 Å². The van der Waals surface area contributed by atoms with Gasteiger partial charge in [0.2, 0.25) is 0 Å². The van der Waals surface area contributed by atoms with Gasteiger partial charge < -0.3 is 11.1 Å². The van der Waals surface area contributed by atoms with Gasteiger partial charge in [-0.05, 0) is 32.0 Å². The minimum atomic E-state index is -4.53. The van der Waals surface area contributed by atoms with Gasteiger partial charge in [0.05, 0.1) is 11.3 Å². The summed E-state index contributed by atoms with van der Waals surface area (Å²) >= 11 is 0. The highest BCUT2D eigenvalue weighted by Crippen LogP contribution is 2.31. The molecule has 0 aliphatic heterocycles. The van der Waals surface area contributed by atoms with Crippen molar-refractivity contribution < 1.29 is 17.6 Å². The monoisotopic (exact) mass is 263 g/mol. The predicted molar refractivity (Wildman–Crippen MR) is 61.8 cm³/mol. The van der Waals surface area contributed by atoms with Crippen LogP contribution in [0.4, 0.5) is 23.2 Å². The molecule has 0 saturated heterocycles. The average molecular weight is 263 g/mol. The molecule has 1 aromatic carbocycles. The molecule has 0 saturated carbocycles. The summed E-state index contributed by atoms with van der Waals surface area (Å²) in [5.74, 6) is -0.965. The molecule has 1 rings (SSSR count). The average Bonchev–Trinajstić information content (AvgIpc) is 2.18. The minimum Gasteiger partial charge on any atom is -0.370 e. The molecule has 0 aliphatic carbocycles. The standard InChI is InChI=1S/C11H13F4N3/c1-6(2)17-10(16)18-9-5-7(11(13,14)15)3-4-8(9)12/h3-6H,1-2H3,(H3,16,17,18). The van der Waals surface area contributed by atoms with E-state index in [0.29, 0.717) is 12.1 Å². The van der Waals surface area contributed by atoms with E-state index in [1.807, 2.05) is 0 Å². The fourth-order valence-electron chi connectivity index (χ4n) is 1.25. The Kier molecular flexibility index (Phi) is 4.15. The highest BCUT2D eigenvalue weighted by atomic mass is 19.4. The lowest BCUT2D eigenvalue weighted by Gasteiger charge is -2.11. The zero-order valence-corrected chi connectivity index (χ0v) is 9.85. The first kappa shape index (κ1) is 14.3. The van der Waals surface area contributed by atoms with Gasteiger partial charge in [-0.1, -0.05) is 0 Å². The zero-order valence-electron chi connectivity index (χ0n) is 9.85. The van der Waals surface area contributed by atoms with Crippen molar-refractivity contribution in [3.05, 3.63) is 29.6 Å². The van der Waals surface area contributed by atoms with Crippen molar-refractivity contribution in [2.75, 3.05) is 5.32 Å². The summed E-state index contributed by atoms with van der Waals surface area (Å²) in [4.78, 5) is 3.84. The number of anilines is 1. The van der Waals surface area contributed by atoms with Crippen LogP contribution in [-0.2, 0) is 6.18 Å². The molecule has 0 aliphatic rings. The van der Waals surface area contributed by atoms with E-state index in [2.05, 4.69) is 10.3 Å². The van der Waals surface area contributed by atoms with Crippen LogP contribution in [0.5, 0.6) is 0 Å². The SMILES string of the molecule is CC(C)N=C(N)Nc1cc(C(F)(F)F)ccc1F. The molecule has 0 unspecified atom stereocenters. The lowest BCUT2D eigenvalue weighted by Crippen LogP contribution is -2.24. The van der Waals surface area contributed by atoms with Gasteiger partial charge in [0.25, 0.3) is 0 Å². The number of alkyl halides is 3. The summed E-state index contributed by atoms with van der Waals surface area (Å²) in [5, 5.41) is 2.31. The summed E-state index contributed by atoms with van der Waals surface area (Å²) in [6, 6.07) is 1.90. The van der Waals surface area contributed by atoms with E-state index in [1.165, 1.54) is 0 Å². The van der Waals surface area contributed by atoms with Crippen molar-refractivity contribution in [2.24, 2.45) is 10.7 Å². The van der Waals surface area contributed by atoms with E-state index in [9.17, 15) is 17.6 Å². The third-order valence-corrected chi connectivity index (χ3v) is 1.95. The largest absolute Gasteiger partial charge is 0.416 e. The molecule has 0 fully saturated rings. The Hall–Kier alpha value is -1.79. The fraction of sp³-hybridized carbons (Fsp3) is 0.364. The topological polar surface area (TPSA) is 50.4 Å². The number of nitrogens with zero attached hydrogens (tertiary/aromatic N) is 1. The molecule has 7 heteroatoms. The maximum absolute atomic E-state index is 13.3. The molecule has 1 aromatic rings. The number of benzene rings is 1. The van der Waals surface area contributed by atoms with E-state index in [4.69, 9.17) is 5.73 Å². The number of hydrogen-bond donors (Lipinski definition) is 2. The number of hydrogen-bond acceptors (Lipinski definition) is 1. The number of aliphatic imine (C=N–C) groups is 1. The lowest BCUT2D eigenvalue weighted by atomic mass is 10.2. The van der Waals surface area contributed by atoms with E-state index in [-0.39, 0.29) is 17.7 Å². The highest BCUT2D eigenvalue weighted by molar-refractivity contribution is 5.92. The Balaban J connectivity index is 3.02. The normalized spacial score (nSPS) is 12.9. The maximum atomic E-state index is 13.3. The van der Waals surface area contributed by atoms with E-state index in [1.54, 1.807) is 13.8 Å². The molecule has 3 N–H and O–H groups in total. The van der Waals surface area contributed by atoms with Crippen molar-refractivity contribution in [2.45, 2.75) is 26.1 Å². The number of rotatable bonds is 2.